The van der Waals surface area contributed by atoms with Gasteiger partial charge >= 0.3 is 0 Å². The van der Waals surface area contributed by atoms with E-state index in [1.54, 1.807) is 30.8 Å². The van der Waals surface area contributed by atoms with Crippen LogP contribution in [0.4, 0.5) is 5.69 Å². The number of hydrogen-bond donors (Lipinski definition) is 1. The standard InChI is InChI=1S/C24H24N2O3S2/c1-18-13-14-19(17-23(18)31(28,29)26-15-7-8-16-26)24(27)25-21-11-5-6-12-22(21)30-20-9-3-2-4-10-20/h2-6,9-14,17H,7-8,15-16H2,1H3,(H,25,27). The van der Waals surface area contributed by atoms with Crippen molar-refractivity contribution in [3.8, 4) is 0 Å². The van der Waals surface area contributed by atoms with Gasteiger partial charge in [-0.25, -0.2) is 8.42 Å². The third kappa shape index (κ3) is 4.84. The van der Waals surface area contributed by atoms with E-state index >= 15 is 0 Å². The second kappa shape index (κ2) is 9.26. The van der Waals surface area contributed by atoms with Crippen molar-refractivity contribution in [2.75, 3.05) is 18.4 Å². The molecule has 1 aliphatic rings. The molecule has 1 fully saturated rings. The first-order valence-electron chi connectivity index (χ1n) is 10.2. The molecule has 0 saturated carbocycles. The summed E-state index contributed by atoms with van der Waals surface area (Å²) in [5.74, 6) is -0.334. The van der Waals surface area contributed by atoms with Crippen LogP contribution in [0.15, 0.2) is 87.5 Å². The van der Waals surface area contributed by atoms with Crippen LogP contribution < -0.4 is 5.32 Å². The van der Waals surface area contributed by atoms with E-state index in [-0.39, 0.29) is 10.8 Å². The number of sulfonamides is 1. The van der Waals surface area contributed by atoms with Crippen molar-refractivity contribution in [3.05, 3.63) is 83.9 Å². The smallest absolute Gasteiger partial charge is 0.255 e. The predicted octanol–water partition coefficient (Wildman–Crippen LogP) is 5.18. The Morgan fingerprint density at radius 1 is 0.935 bits per heavy atom. The lowest BCUT2D eigenvalue weighted by molar-refractivity contribution is 0.102. The molecular weight excluding hydrogens is 428 g/mol. The molecule has 0 spiro atoms. The Kier molecular flexibility index (Phi) is 6.46. The van der Waals surface area contributed by atoms with Crippen LogP contribution in [-0.4, -0.2) is 31.7 Å². The lowest BCUT2D eigenvalue weighted by Crippen LogP contribution is -2.28. The number of nitrogens with zero attached hydrogens (tertiary/aromatic N) is 1. The predicted molar refractivity (Wildman–Crippen MR) is 124 cm³/mol. The molecule has 0 aliphatic carbocycles. The Balaban J connectivity index is 1.59. The van der Waals surface area contributed by atoms with Gasteiger partial charge in [-0.1, -0.05) is 48.2 Å². The van der Waals surface area contributed by atoms with E-state index in [1.165, 1.54) is 10.4 Å². The van der Waals surface area contributed by atoms with Crippen LogP contribution in [0.3, 0.4) is 0 Å². The molecule has 160 valence electrons. The van der Waals surface area contributed by atoms with Gasteiger partial charge in [0.1, 0.15) is 0 Å². The van der Waals surface area contributed by atoms with E-state index in [4.69, 9.17) is 0 Å². The van der Waals surface area contributed by atoms with Crippen LogP contribution in [0.25, 0.3) is 0 Å². The molecule has 1 aliphatic heterocycles. The summed E-state index contributed by atoms with van der Waals surface area (Å²) in [5.41, 5.74) is 1.65. The quantitative estimate of drug-likeness (QED) is 0.559. The molecule has 1 saturated heterocycles. The van der Waals surface area contributed by atoms with Gasteiger partial charge in [-0.2, -0.15) is 4.31 Å². The van der Waals surface area contributed by atoms with Gasteiger partial charge in [0, 0.05) is 28.4 Å². The molecule has 1 N–H and O–H groups in total. The van der Waals surface area contributed by atoms with E-state index in [0.717, 1.165) is 22.6 Å². The maximum atomic E-state index is 13.0. The highest BCUT2D eigenvalue weighted by molar-refractivity contribution is 7.99. The van der Waals surface area contributed by atoms with Gasteiger partial charge in [0.15, 0.2) is 0 Å². The first kappa shape index (κ1) is 21.6. The number of amides is 1. The topological polar surface area (TPSA) is 66.5 Å². The van der Waals surface area contributed by atoms with E-state index in [2.05, 4.69) is 5.32 Å². The molecule has 5 nitrogen and oxygen atoms in total. The zero-order chi connectivity index (χ0) is 21.8. The average molecular weight is 453 g/mol. The van der Waals surface area contributed by atoms with Crippen molar-refractivity contribution in [2.24, 2.45) is 0 Å². The van der Waals surface area contributed by atoms with Crippen LogP contribution >= 0.6 is 11.8 Å². The molecule has 0 bridgehead atoms. The summed E-state index contributed by atoms with van der Waals surface area (Å²) in [6, 6.07) is 22.4. The van der Waals surface area contributed by atoms with Crippen LogP contribution in [0, 0.1) is 6.92 Å². The van der Waals surface area contributed by atoms with E-state index in [0.29, 0.717) is 29.9 Å². The van der Waals surface area contributed by atoms with Crippen molar-refractivity contribution in [3.63, 3.8) is 0 Å². The summed E-state index contributed by atoms with van der Waals surface area (Å²) >= 11 is 1.56. The minimum Gasteiger partial charge on any atom is -0.321 e. The Morgan fingerprint density at radius 3 is 2.35 bits per heavy atom. The molecular formula is C24H24N2O3S2. The maximum absolute atomic E-state index is 13.0. The zero-order valence-electron chi connectivity index (χ0n) is 17.2. The Bertz CT molecular complexity index is 1190. The minimum atomic E-state index is -3.60. The first-order chi connectivity index (χ1) is 14.9. The summed E-state index contributed by atoms with van der Waals surface area (Å²) in [6.45, 7) is 2.82. The largest absolute Gasteiger partial charge is 0.321 e. The number of carbonyl (C=O) groups is 1. The third-order valence-electron chi connectivity index (χ3n) is 5.24. The number of nitrogens with one attached hydrogen (secondary N) is 1. The van der Waals surface area contributed by atoms with Gasteiger partial charge in [-0.3, -0.25) is 4.79 Å². The van der Waals surface area contributed by atoms with Gasteiger partial charge in [-0.05, 0) is 61.7 Å². The van der Waals surface area contributed by atoms with E-state index < -0.39 is 10.0 Å². The Labute approximate surface area is 187 Å². The summed E-state index contributed by atoms with van der Waals surface area (Å²) in [6.07, 6.45) is 1.74. The van der Waals surface area contributed by atoms with Crippen LogP contribution in [0.2, 0.25) is 0 Å². The van der Waals surface area contributed by atoms with Gasteiger partial charge in [0.05, 0.1) is 10.6 Å². The van der Waals surface area contributed by atoms with E-state index in [9.17, 15) is 13.2 Å². The summed E-state index contributed by atoms with van der Waals surface area (Å²) in [7, 11) is -3.60. The lowest BCUT2D eigenvalue weighted by Gasteiger charge is -2.18. The molecule has 0 unspecified atom stereocenters. The lowest BCUT2D eigenvalue weighted by atomic mass is 10.1. The molecule has 1 amide bonds. The van der Waals surface area contributed by atoms with Gasteiger partial charge in [0.2, 0.25) is 10.0 Å². The molecule has 1 heterocycles. The van der Waals surface area contributed by atoms with Gasteiger partial charge in [-0.15, -0.1) is 0 Å². The number of aryl methyl sites for hydroxylation is 1. The highest BCUT2D eigenvalue weighted by Gasteiger charge is 2.29. The number of rotatable bonds is 6. The molecule has 3 aromatic rings. The highest BCUT2D eigenvalue weighted by atomic mass is 32.2. The summed E-state index contributed by atoms with van der Waals surface area (Å²) in [5, 5.41) is 2.95. The Hall–Kier alpha value is -2.61. The summed E-state index contributed by atoms with van der Waals surface area (Å²) in [4.78, 5) is 15.2. The van der Waals surface area contributed by atoms with Crippen molar-refractivity contribution < 1.29 is 13.2 Å². The molecule has 4 rings (SSSR count). The molecule has 0 atom stereocenters. The SMILES string of the molecule is Cc1ccc(C(=O)Nc2ccccc2Sc2ccccc2)cc1S(=O)(=O)N1CCCC1. The van der Waals surface area contributed by atoms with Crippen molar-refractivity contribution in [1.82, 2.24) is 4.31 Å². The van der Waals surface area contributed by atoms with Gasteiger partial charge in [0.25, 0.3) is 5.91 Å². The maximum Gasteiger partial charge on any atom is 0.255 e. The van der Waals surface area contributed by atoms with Crippen molar-refractivity contribution in [2.45, 2.75) is 34.5 Å². The molecule has 7 heteroatoms. The molecule has 0 radical (unpaired) electrons. The second-order valence-electron chi connectivity index (χ2n) is 7.46. The van der Waals surface area contributed by atoms with E-state index in [1.807, 2.05) is 54.6 Å². The fraction of sp³-hybridized carbons (Fsp3) is 0.208. The molecule has 31 heavy (non-hydrogen) atoms. The Morgan fingerprint density at radius 2 is 1.61 bits per heavy atom. The van der Waals surface area contributed by atoms with Crippen LogP contribution in [0.1, 0.15) is 28.8 Å². The number of hydrogen-bond acceptors (Lipinski definition) is 4. The molecule has 3 aromatic carbocycles. The summed E-state index contributed by atoms with van der Waals surface area (Å²) < 4.78 is 27.6. The van der Waals surface area contributed by atoms with Crippen LogP contribution in [0.5, 0.6) is 0 Å². The third-order valence-corrected chi connectivity index (χ3v) is 8.36. The molecule has 0 aromatic heterocycles. The highest BCUT2D eigenvalue weighted by Crippen LogP contribution is 2.33. The van der Waals surface area contributed by atoms with Crippen molar-refractivity contribution in [1.29, 1.82) is 0 Å². The van der Waals surface area contributed by atoms with Crippen molar-refractivity contribution >= 4 is 33.4 Å². The monoisotopic (exact) mass is 452 g/mol. The zero-order valence-corrected chi connectivity index (χ0v) is 18.9. The first-order valence-corrected chi connectivity index (χ1v) is 12.4. The fourth-order valence-corrected chi connectivity index (χ4v) is 6.25. The number of benzene rings is 3. The average Bonchev–Trinajstić information content (AvgIpc) is 3.32. The fourth-order valence-electron chi connectivity index (χ4n) is 3.56. The van der Waals surface area contributed by atoms with Gasteiger partial charge < -0.3 is 5.32 Å². The number of para-hydroxylation sites is 1. The number of carbonyl (C=O) groups excluding carboxylic acids is 1. The van der Waals surface area contributed by atoms with Crippen LogP contribution in [-0.2, 0) is 10.0 Å². The number of anilines is 1. The normalized spacial score (nSPS) is 14.5. The minimum absolute atomic E-state index is 0.203. The second-order valence-corrected chi connectivity index (χ2v) is 10.5.